The van der Waals surface area contributed by atoms with Crippen LogP contribution in [0.2, 0.25) is 0 Å². The van der Waals surface area contributed by atoms with Crippen LogP contribution in [-0.4, -0.2) is 33.5 Å². The second-order valence-corrected chi connectivity index (χ2v) is 5.58. The van der Waals surface area contributed by atoms with E-state index >= 15 is 0 Å². The van der Waals surface area contributed by atoms with E-state index in [1.165, 1.54) is 31.0 Å². The lowest BCUT2D eigenvalue weighted by atomic mass is 10.2. The predicted molar refractivity (Wildman–Crippen MR) is 59.3 cm³/mol. The number of thioether (sulfide) groups is 1. The number of pyridine rings is 1. The van der Waals surface area contributed by atoms with Crippen molar-refractivity contribution in [1.29, 1.82) is 0 Å². The molecule has 0 aromatic carbocycles. The van der Waals surface area contributed by atoms with E-state index in [0.29, 0.717) is 0 Å². The van der Waals surface area contributed by atoms with Crippen molar-refractivity contribution in [3.8, 4) is 0 Å². The summed E-state index contributed by atoms with van der Waals surface area (Å²) in [7, 11) is 0. The van der Waals surface area contributed by atoms with E-state index in [-0.39, 0.29) is 5.82 Å². The van der Waals surface area contributed by atoms with Crippen molar-refractivity contribution in [3.63, 3.8) is 0 Å². The average molecular weight is 224 g/mol. The number of likely N-dealkylation sites (tertiary alicyclic amines) is 1. The van der Waals surface area contributed by atoms with Crippen LogP contribution in [-0.2, 0) is 6.54 Å². The summed E-state index contributed by atoms with van der Waals surface area (Å²) < 4.78 is 12.7. The fraction of sp³-hybridized carbons (Fsp3) is 0.545. The van der Waals surface area contributed by atoms with Crippen LogP contribution in [0.4, 0.5) is 4.39 Å². The minimum absolute atomic E-state index is 0.253. The van der Waals surface area contributed by atoms with Crippen LogP contribution in [0.3, 0.4) is 0 Å². The third-order valence-electron chi connectivity index (χ3n) is 3.17. The first-order valence-corrected chi connectivity index (χ1v) is 6.32. The number of aromatic nitrogens is 1. The zero-order valence-corrected chi connectivity index (χ0v) is 9.21. The van der Waals surface area contributed by atoms with Crippen LogP contribution < -0.4 is 0 Å². The van der Waals surface area contributed by atoms with Gasteiger partial charge in [-0.25, -0.2) is 4.39 Å². The summed E-state index contributed by atoms with van der Waals surface area (Å²) in [6.45, 7) is 2.05. The Morgan fingerprint density at radius 3 is 3.07 bits per heavy atom. The summed E-state index contributed by atoms with van der Waals surface area (Å²) in [5.41, 5.74) is 0.981. The van der Waals surface area contributed by atoms with Crippen LogP contribution in [0.15, 0.2) is 18.3 Å². The number of hydrogen-bond donors (Lipinski definition) is 0. The number of nitrogens with zero attached hydrogens (tertiary/aromatic N) is 2. The van der Waals surface area contributed by atoms with Gasteiger partial charge in [0.2, 0.25) is 0 Å². The third kappa shape index (κ3) is 1.88. The van der Waals surface area contributed by atoms with E-state index in [0.717, 1.165) is 23.5 Å². The molecule has 2 saturated heterocycles. The smallest absolute Gasteiger partial charge is 0.141 e. The molecule has 0 aliphatic carbocycles. The highest BCUT2D eigenvalue weighted by Gasteiger charge is 2.38. The molecule has 0 spiro atoms. The molecular weight excluding hydrogens is 211 g/mol. The number of halogens is 1. The Morgan fingerprint density at radius 1 is 1.53 bits per heavy atom. The van der Waals surface area contributed by atoms with E-state index in [1.807, 2.05) is 0 Å². The number of fused-ring (bicyclic) bond motifs is 2. The van der Waals surface area contributed by atoms with Crippen LogP contribution >= 0.6 is 11.8 Å². The second kappa shape index (κ2) is 3.76. The molecule has 4 heteroatoms. The Labute approximate surface area is 92.9 Å². The molecule has 2 aliphatic rings. The molecule has 2 nitrogen and oxygen atoms in total. The molecule has 0 saturated carbocycles. The van der Waals surface area contributed by atoms with Crippen LogP contribution in [0.5, 0.6) is 0 Å². The fourth-order valence-electron chi connectivity index (χ4n) is 2.38. The van der Waals surface area contributed by atoms with Gasteiger partial charge in [-0.05, 0) is 18.6 Å². The molecular formula is C11H13FN2S. The number of hydrogen-bond acceptors (Lipinski definition) is 3. The molecule has 80 valence electrons. The van der Waals surface area contributed by atoms with E-state index in [9.17, 15) is 4.39 Å². The Bertz CT molecular complexity index is 354. The summed E-state index contributed by atoms with van der Waals surface area (Å²) in [5, 5.41) is 0.829. The van der Waals surface area contributed by atoms with Gasteiger partial charge in [0.15, 0.2) is 0 Å². The molecule has 2 aliphatic heterocycles. The molecule has 1 aromatic heterocycles. The zero-order valence-electron chi connectivity index (χ0n) is 8.40. The van der Waals surface area contributed by atoms with Crippen LogP contribution in [0.1, 0.15) is 12.1 Å². The highest BCUT2D eigenvalue weighted by molar-refractivity contribution is 8.00. The van der Waals surface area contributed by atoms with Crippen molar-refractivity contribution in [2.45, 2.75) is 24.3 Å². The molecule has 0 amide bonds. The molecule has 3 rings (SSSR count). The fourth-order valence-corrected chi connectivity index (χ4v) is 3.88. The summed E-state index contributed by atoms with van der Waals surface area (Å²) in [6.07, 6.45) is 2.63. The highest BCUT2D eigenvalue weighted by Crippen LogP contribution is 2.37. The molecule has 2 fully saturated rings. The minimum atomic E-state index is -0.253. The van der Waals surface area contributed by atoms with Gasteiger partial charge in [-0.15, -0.1) is 0 Å². The minimum Gasteiger partial charge on any atom is -0.293 e. The first-order valence-electron chi connectivity index (χ1n) is 5.27. The SMILES string of the molecule is Fc1ccc(CN2C[C@@H]3C[C@H]2CS3)nc1. The van der Waals surface area contributed by atoms with Gasteiger partial charge in [-0.3, -0.25) is 9.88 Å². The molecule has 0 N–H and O–H groups in total. The summed E-state index contributed by atoms with van der Waals surface area (Å²) >= 11 is 2.09. The highest BCUT2D eigenvalue weighted by atomic mass is 32.2. The third-order valence-corrected chi connectivity index (χ3v) is 4.56. The Morgan fingerprint density at radius 2 is 2.47 bits per heavy atom. The maximum Gasteiger partial charge on any atom is 0.141 e. The first kappa shape index (κ1) is 9.60. The largest absolute Gasteiger partial charge is 0.293 e. The Kier molecular flexibility index (Phi) is 2.41. The molecule has 0 unspecified atom stereocenters. The van der Waals surface area contributed by atoms with Crippen molar-refractivity contribution < 1.29 is 4.39 Å². The van der Waals surface area contributed by atoms with Crippen molar-refractivity contribution in [1.82, 2.24) is 9.88 Å². The average Bonchev–Trinajstić information content (AvgIpc) is 2.83. The monoisotopic (exact) mass is 224 g/mol. The zero-order chi connectivity index (χ0) is 10.3. The van der Waals surface area contributed by atoms with Gasteiger partial charge in [0, 0.05) is 30.1 Å². The van der Waals surface area contributed by atoms with E-state index in [4.69, 9.17) is 0 Å². The Hall–Kier alpha value is -0.610. The van der Waals surface area contributed by atoms with E-state index < -0.39 is 0 Å². The summed E-state index contributed by atoms with van der Waals surface area (Å²) in [4.78, 5) is 6.58. The normalized spacial score (nSPS) is 29.9. The van der Waals surface area contributed by atoms with E-state index in [2.05, 4.69) is 21.6 Å². The predicted octanol–water partition coefficient (Wildman–Crippen LogP) is 1.91. The molecule has 0 radical (unpaired) electrons. The second-order valence-electron chi connectivity index (χ2n) is 4.24. The Balaban J connectivity index is 1.68. The molecule has 1 aromatic rings. The van der Waals surface area contributed by atoms with Gasteiger partial charge < -0.3 is 0 Å². The molecule has 2 bridgehead atoms. The van der Waals surface area contributed by atoms with Gasteiger partial charge in [0.1, 0.15) is 5.82 Å². The van der Waals surface area contributed by atoms with Gasteiger partial charge in [-0.1, -0.05) is 0 Å². The number of rotatable bonds is 2. The van der Waals surface area contributed by atoms with Crippen LogP contribution in [0, 0.1) is 5.82 Å². The van der Waals surface area contributed by atoms with Crippen molar-refractivity contribution in [2.75, 3.05) is 12.3 Å². The van der Waals surface area contributed by atoms with Gasteiger partial charge in [0.05, 0.1) is 11.9 Å². The topological polar surface area (TPSA) is 16.1 Å². The summed E-state index contributed by atoms with van der Waals surface area (Å²) in [5.74, 6) is 1.00. The lowest BCUT2D eigenvalue weighted by Gasteiger charge is -2.25. The van der Waals surface area contributed by atoms with Gasteiger partial charge in [-0.2, -0.15) is 11.8 Å². The molecule has 2 atom stereocenters. The first-order chi connectivity index (χ1) is 7.31. The lowest BCUT2D eigenvalue weighted by Crippen LogP contribution is -2.33. The maximum atomic E-state index is 12.7. The lowest BCUT2D eigenvalue weighted by molar-refractivity contribution is 0.258. The quantitative estimate of drug-likeness (QED) is 0.763. The molecule has 15 heavy (non-hydrogen) atoms. The van der Waals surface area contributed by atoms with Crippen LogP contribution in [0.25, 0.3) is 0 Å². The van der Waals surface area contributed by atoms with Crippen molar-refractivity contribution >= 4 is 11.8 Å². The van der Waals surface area contributed by atoms with Crippen molar-refractivity contribution in [3.05, 3.63) is 29.8 Å². The standard InChI is InChI=1S/C11H13FN2S/c12-8-1-2-9(13-4-8)5-14-6-11-3-10(14)7-15-11/h1-2,4,10-11H,3,5-7H2/t10-,11-/m0/s1. The van der Waals surface area contributed by atoms with Crippen molar-refractivity contribution in [2.24, 2.45) is 0 Å². The summed E-state index contributed by atoms with van der Waals surface area (Å²) in [6, 6.07) is 4.01. The van der Waals surface area contributed by atoms with Gasteiger partial charge >= 0.3 is 0 Å². The van der Waals surface area contributed by atoms with E-state index in [1.54, 1.807) is 6.07 Å². The molecule has 3 heterocycles. The van der Waals surface area contributed by atoms with Gasteiger partial charge in [0.25, 0.3) is 0 Å². The maximum absolute atomic E-state index is 12.7.